The lowest BCUT2D eigenvalue weighted by molar-refractivity contribution is 0.0859. The predicted molar refractivity (Wildman–Crippen MR) is 126 cm³/mol. The third-order valence-corrected chi connectivity index (χ3v) is 13.9. The summed E-state index contributed by atoms with van der Waals surface area (Å²) < 4.78 is 0. The molecule has 4 fully saturated rings. The second kappa shape index (κ2) is 6.51. The van der Waals surface area contributed by atoms with Gasteiger partial charge in [0.05, 0.1) is 13.4 Å². The van der Waals surface area contributed by atoms with E-state index in [1.165, 1.54) is 37.8 Å². The molecule has 4 unspecified atom stereocenters. The molecule has 1 saturated carbocycles. The second-order valence-corrected chi connectivity index (χ2v) is 17.7. The number of rotatable bonds is 4. The van der Waals surface area contributed by atoms with E-state index in [2.05, 4.69) is 93.0 Å². The van der Waals surface area contributed by atoms with Crippen molar-refractivity contribution in [1.82, 2.24) is 9.80 Å². The highest BCUT2D eigenvalue weighted by Gasteiger charge is 2.73. The Bertz CT molecular complexity index is 752. The summed E-state index contributed by atoms with van der Waals surface area (Å²) in [6, 6.07) is 0. The summed E-state index contributed by atoms with van der Waals surface area (Å²) in [4.78, 5) is 5.65. The van der Waals surface area contributed by atoms with Crippen LogP contribution in [0.1, 0.15) is 53.4 Å². The van der Waals surface area contributed by atoms with Gasteiger partial charge in [0.2, 0.25) is 0 Å². The molecule has 0 amide bonds. The normalized spacial score (nSPS) is 40.0. The molecular weight excluding hydrogens is 376 g/mol. The van der Waals surface area contributed by atoms with Crippen LogP contribution in [0.5, 0.6) is 0 Å². The molecule has 5 aliphatic rings. The average Bonchev–Trinajstić information content (AvgIpc) is 3.23. The highest BCUT2D eigenvalue weighted by molar-refractivity contribution is 8.02. The zero-order valence-electron chi connectivity index (χ0n) is 18.9. The summed E-state index contributed by atoms with van der Waals surface area (Å²) in [5.74, 6) is 4.11. The molecule has 0 N–H and O–H groups in total. The van der Waals surface area contributed by atoms with Crippen molar-refractivity contribution in [3.63, 3.8) is 0 Å². The molecule has 4 atom stereocenters. The second-order valence-electron chi connectivity index (χ2n) is 11.1. The maximum Gasteiger partial charge on any atom is 0.115 e. The van der Waals surface area contributed by atoms with Gasteiger partial charge < -0.3 is 0 Å². The van der Waals surface area contributed by atoms with Crippen LogP contribution in [0.2, 0.25) is 24.7 Å². The molecule has 0 aromatic carbocycles. The van der Waals surface area contributed by atoms with Crippen LogP contribution in [0.25, 0.3) is 0 Å². The molecule has 2 nitrogen and oxygen atoms in total. The van der Waals surface area contributed by atoms with Crippen molar-refractivity contribution < 1.29 is 0 Å². The van der Waals surface area contributed by atoms with Gasteiger partial charge in [0.25, 0.3) is 0 Å². The Kier molecular flexibility index (Phi) is 4.83. The molecule has 4 heteroatoms. The summed E-state index contributed by atoms with van der Waals surface area (Å²) in [5.41, 5.74) is 1.94. The van der Waals surface area contributed by atoms with E-state index in [-0.39, 0.29) is 10.6 Å². The van der Waals surface area contributed by atoms with Crippen LogP contribution in [0.3, 0.4) is 0 Å². The minimum atomic E-state index is -1.61. The molecule has 28 heavy (non-hydrogen) atoms. The quantitative estimate of drug-likeness (QED) is 0.417. The molecule has 154 valence electrons. The van der Waals surface area contributed by atoms with E-state index in [1.54, 1.807) is 0 Å². The van der Waals surface area contributed by atoms with Gasteiger partial charge in [-0.1, -0.05) is 83.0 Å². The summed E-state index contributed by atoms with van der Waals surface area (Å²) in [6.07, 6.45) is 18.9. The molecular formula is C24H38N2SSi. The molecule has 2 bridgehead atoms. The summed E-state index contributed by atoms with van der Waals surface area (Å²) in [5, 5.41) is 0.579. The van der Waals surface area contributed by atoms with Crippen LogP contribution in [0, 0.1) is 18.3 Å². The zero-order valence-corrected chi connectivity index (χ0v) is 20.7. The first-order chi connectivity index (χ1) is 13.0. The van der Waals surface area contributed by atoms with Crippen LogP contribution in [0.4, 0.5) is 0 Å². The third kappa shape index (κ3) is 2.37. The first-order valence-electron chi connectivity index (χ1n) is 11.1. The van der Waals surface area contributed by atoms with E-state index in [4.69, 9.17) is 6.42 Å². The largest absolute Gasteiger partial charge is 0.271 e. The first-order valence-corrected chi connectivity index (χ1v) is 15.5. The van der Waals surface area contributed by atoms with E-state index in [1.807, 2.05) is 0 Å². The average molecular weight is 415 g/mol. The van der Waals surface area contributed by atoms with Crippen LogP contribution in [0.15, 0.2) is 23.8 Å². The fourth-order valence-electron chi connectivity index (χ4n) is 6.56. The lowest BCUT2D eigenvalue weighted by Crippen LogP contribution is -2.69. The van der Waals surface area contributed by atoms with Gasteiger partial charge in [0.1, 0.15) is 11.0 Å². The van der Waals surface area contributed by atoms with E-state index in [0.717, 1.165) is 0 Å². The van der Waals surface area contributed by atoms with Gasteiger partial charge in [-0.05, 0) is 25.7 Å². The summed E-state index contributed by atoms with van der Waals surface area (Å²) >= 11 is 2.19. The molecule has 0 aromatic rings. The number of hydrogen-bond acceptors (Lipinski definition) is 3. The molecule has 2 aliphatic carbocycles. The Labute approximate surface area is 178 Å². The first kappa shape index (κ1) is 20.8. The Morgan fingerprint density at radius 3 is 2.46 bits per heavy atom. The highest BCUT2D eigenvalue weighted by Crippen LogP contribution is 2.69. The van der Waals surface area contributed by atoms with E-state index in [9.17, 15) is 0 Å². The molecule has 0 aromatic heterocycles. The fraction of sp³-hybridized carbons (Fsp3) is 0.750. The predicted octanol–water partition coefficient (Wildman–Crippen LogP) is 5.92. The van der Waals surface area contributed by atoms with Gasteiger partial charge in [-0.15, -0.1) is 18.2 Å². The van der Waals surface area contributed by atoms with Crippen molar-refractivity contribution >= 4 is 19.8 Å². The van der Waals surface area contributed by atoms with Crippen molar-refractivity contribution in [1.29, 1.82) is 0 Å². The van der Waals surface area contributed by atoms with E-state index < -0.39 is 8.07 Å². The Balaban J connectivity index is 1.83. The summed E-state index contributed by atoms with van der Waals surface area (Å²) in [6.45, 7) is 18.2. The Morgan fingerprint density at radius 2 is 1.93 bits per heavy atom. The summed E-state index contributed by atoms with van der Waals surface area (Å²) in [7, 11) is -1.61. The van der Waals surface area contributed by atoms with Gasteiger partial charge in [-0.25, -0.2) is 4.90 Å². The van der Waals surface area contributed by atoms with Crippen molar-refractivity contribution in [2.75, 3.05) is 6.54 Å². The number of nitrogens with zero attached hydrogens (tertiary/aromatic N) is 2. The minimum absolute atomic E-state index is 0.0363. The van der Waals surface area contributed by atoms with Crippen molar-refractivity contribution in [2.45, 2.75) is 100 Å². The van der Waals surface area contributed by atoms with Crippen LogP contribution in [-0.2, 0) is 0 Å². The number of allylic oxidation sites excluding steroid dienone is 2. The smallest absolute Gasteiger partial charge is 0.115 e. The molecule has 5 rings (SSSR count). The SMILES string of the molecule is C#CC1(N2C3SC2C2(CCCC2)N3CC(C)C)C=CC=C(C)C1(C)[Si](C)(C)C. The van der Waals surface area contributed by atoms with E-state index in [0.29, 0.717) is 22.3 Å². The van der Waals surface area contributed by atoms with Gasteiger partial charge in [0, 0.05) is 17.1 Å². The van der Waals surface area contributed by atoms with Crippen molar-refractivity contribution in [2.24, 2.45) is 5.92 Å². The molecule has 3 aliphatic heterocycles. The molecule has 0 radical (unpaired) electrons. The van der Waals surface area contributed by atoms with Crippen LogP contribution in [-0.4, -0.2) is 46.4 Å². The van der Waals surface area contributed by atoms with Gasteiger partial charge in [0.15, 0.2) is 0 Å². The topological polar surface area (TPSA) is 6.48 Å². The minimum Gasteiger partial charge on any atom is -0.271 e. The van der Waals surface area contributed by atoms with E-state index >= 15 is 0 Å². The maximum absolute atomic E-state index is 6.49. The molecule has 3 heterocycles. The molecule has 3 saturated heterocycles. The lowest BCUT2D eigenvalue weighted by Gasteiger charge is -2.62. The van der Waals surface area contributed by atoms with Crippen LogP contribution < -0.4 is 0 Å². The maximum atomic E-state index is 6.49. The lowest BCUT2D eigenvalue weighted by atomic mass is 9.75. The number of terminal acetylenes is 1. The zero-order chi connectivity index (χ0) is 20.5. The van der Waals surface area contributed by atoms with Crippen LogP contribution >= 0.6 is 11.8 Å². The van der Waals surface area contributed by atoms with Gasteiger partial charge in [-0.2, -0.15) is 0 Å². The standard InChI is InChI=1S/C24H38N2SSi/c1-9-24(16-12-13-19(4)22(24,5)28(6,7)8)26-20-23(14-10-11-15-23)25(17-18(2)3)21(26)27-20/h1,12-13,16,18,20-21H,10-11,14-15,17H2,2-8H3. The van der Waals surface area contributed by atoms with Crippen molar-refractivity contribution in [3.05, 3.63) is 23.8 Å². The number of hydrogen-bond donors (Lipinski definition) is 0. The highest BCUT2D eigenvalue weighted by atomic mass is 32.2. The van der Waals surface area contributed by atoms with Gasteiger partial charge >= 0.3 is 0 Å². The molecule has 1 spiro atoms. The Morgan fingerprint density at radius 1 is 1.29 bits per heavy atom. The fourth-order valence-corrected chi connectivity index (χ4v) is 11.2. The van der Waals surface area contributed by atoms with Gasteiger partial charge in [-0.3, -0.25) is 4.90 Å². The van der Waals surface area contributed by atoms with Crippen molar-refractivity contribution in [3.8, 4) is 12.3 Å². The number of thioether (sulfide) groups is 1. The third-order valence-electron chi connectivity index (χ3n) is 8.43. The monoisotopic (exact) mass is 414 g/mol. The Hall–Kier alpha value is -0.473.